The Morgan fingerprint density at radius 3 is 2.65 bits per heavy atom. The van der Waals surface area contributed by atoms with Gasteiger partial charge in [0.15, 0.2) is 0 Å². The quantitative estimate of drug-likeness (QED) is 0.528. The van der Waals surface area contributed by atoms with Crippen molar-refractivity contribution in [1.29, 1.82) is 0 Å². The first kappa shape index (κ1) is 16.3. The molecular formula is C9H20N2O5S. The van der Waals surface area contributed by atoms with Gasteiger partial charge in [0.25, 0.3) is 10.2 Å². The second-order valence-electron chi connectivity index (χ2n) is 3.52. The van der Waals surface area contributed by atoms with Crippen molar-refractivity contribution in [2.75, 3.05) is 33.4 Å². The molecule has 0 spiro atoms. The highest BCUT2D eigenvalue weighted by atomic mass is 32.2. The molecule has 0 saturated carbocycles. The zero-order chi connectivity index (χ0) is 13.3. The van der Waals surface area contributed by atoms with Crippen LogP contribution in [-0.2, 0) is 19.7 Å². The molecule has 0 aromatic carbocycles. The summed E-state index contributed by atoms with van der Waals surface area (Å²) in [5.41, 5.74) is 0. The number of nitrogens with one attached hydrogen (secondary N) is 1. The van der Waals surface area contributed by atoms with Gasteiger partial charge in [-0.25, -0.2) is 4.79 Å². The van der Waals surface area contributed by atoms with Crippen molar-refractivity contribution >= 4 is 16.2 Å². The van der Waals surface area contributed by atoms with E-state index in [9.17, 15) is 13.2 Å². The summed E-state index contributed by atoms with van der Waals surface area (Å²) >= 11 is 0. The molecule has 2 N–H and O–H groups in total. The molecule has 17 heavy (non-hydrogen) atoms. The minimum atomic E-state index is -3.48. The summed E-state index contributed by atoms with van der Waals surface area (Å²) in [5.74, 6) is -1.08. The number of rotatable bonds is 10. The van der Waals surface area contributed by atoms with Crippen molar-refractivity contribution in [1.82, 2.24) is 9.03 Å². The Morgan fingerprint density at radius 1 is 1.47 bits per heavy atom. The topological polar surface area (TPSA) is 95.9 Å². The number of unbranched alkanes of at least 4 members (excludes halogenated alkanes) is 1. The van der Waals surface area contributed by atoms with Crippen molar-refractivity contribution in [3.8, 4) is 0 Å². The van der Waals surface area contributed by atoms with E-state index >= 15 is 0 Å². The largest absolute Gasteiger partial charge is 0.480 e. The number of ether oxygens (including phenoxy) is 1. The van der Waals surface area contributed by atoms with Crippen LogP contribution in [0.15, 0.2) is 0 Å². The summed E-state index contributed by atoms with van der Waals surface area (Å²) in [6.07, 6.45) is 1.72. The molecule has 8 heteroatoms. The van der Waals surface area contributed by atoms with Gasteiger partial charge in [0, 0.05) is 20.1 Å². The number of aliphatic carboxylic acids is 1. The molecule has 0 aromatic heterocycles. The van der Waals surface area contributed by atoms with Crippen molar-refractivity contribution in [3.63, 3.8) is 0 Å². The smallest absolute Gasteiger partial charge is 0.329 e. The highest BCUT2D eigenvalue weighted by Gasteiger charge is 2.15. The fraction of sp³-hybridized carbons (Fsp3) is 0.889. The molecule has 0 aliphatic rings. The summed E-state index contributed by atoms with van der Waals surface area (Å²) in [6.45, 7) is 2.11. The molecule has 0 fully saturated rings. The minimum Gasteiger partial charge on any atom is -0.480 e. The van der Waals surface area contributed by atoms with E-state index in [1.54, 1.807) is 0 Å². The number of hydrogen-bond donors (Lipinski definition) is 2. The minimum absolute atomic E-state index is 0.0349. The lowest BCUT2D eigenvalue weighted by Crippen LogP contribution is -2.40. The molecule has 0 rings (SSSR count). The normalized spacial score (nSPS) is 11.9. The van der Waals surface area contributed by atoms with Gasteiger partial charge in [0.1, 0.15) is 6.61 Å². The van der Waals surface area contributed by atoms with Gasteiger partial charge in [0.2, 0.25) is 0 Å². The molecule has 7 nitrogen and oxygen atoms in total. The number of carboxylic acid groups (broad SMARTS) is 1. The maximum Gasteiger partial charge on any atom is 0.329 e. The van der Waals surface area contributed by atoms with Crippen molar-refractivity contribution < 1.29 is 23.1 Å². The predicted molar refractivity (Wildman–Crippen MR) is 62.9 cm³/mol. The van der Waals surface area contributed by atoms with Gasteiger partial charge in [-0.05, 0) is 6.42 Å². The fourth-order valence-electron chi connectivity index (χ4n) is 1.01. The Hall–Kier alpha value is -0.700. The van der Waals surface area contributed by atoms with E-state index < -0.39 is 22.8 Å². The predicted octanol–water partition coefficient (Wildman–Crippen LogP) is -0.346. The molecule has 0 bridgehead atoms. The first-order valence-electron chi connectivity index (χ1n) is 5.40. The van der Waals surface area contributed by atoms with E-state index in [4.69, 9.17) is 9.84 Å². The van der Waals surface area contributed by atoms with Crippen LogP contribution in [0.1, 0.15) is 19.8 Å². The Morgan fingerprint density at radius 2 is 2.12 bits per heavy atom. The van der Waals surface area contributed by atoms with E-state index in [2.05, 4.69) is 4.72 Å². The van der Waals surface area contributed by atoms with Crippen LogP contribution in [0.25, 0.3) is 0 Å². The molecule has 0 aliphatic carbocycles. The van der Waals surface area contributed by atoms with Crippen LogP contribution in [0.4, 0.5) is 0 Å². The second-order valence-corrected chi connectivity index (χ2v) is 5.38. The van der Waals surface area contributed by atoms with Gasteiger partial charge in [-0.3, -0.25) is 0 Å². The first-order valence-corrected chi connectivity index (χ1v) is 6.84. The van der Waals surface area contributed by atoms with E-state index in [0.29, 0.717) is 6.54 Å². The number of hydrogen-bond acceptors (Lipinski definition) is 4. The van der Waals surface area contributed by atoms with Crippen LogP contribution in [0.5, 0.6) is 0 Å². The summed E-state index contributed by atoms with van der Waals surface area (Å²) in [4.78, 5) is 10.1. The zero-order valence-electron chi connectivity index (χ0n) is 10.2. The second kappa shape index (κ2) is 8.40. The molecule has 0 radical (unpaired) electrons. The Kier molecular flexibility index (Phi) is 8.05. The Labute approximate surface area is 102 Å². The van der Waals surface area contributed by atoms with Crippen LogP contribution in [0, 0.1) is 0 Å². The first-order chi connectivity index (χ1) is 7.90. The van der Waals surface area contributed by atoms with Gasteiger partial charge in [-0.1, -0.05) is 13.3 Å². The van der Waals surface area contributed by atoms with Gasteiger partial charge in [0.05, 0.1) is 6.61 Å². The van der Waals surface area contributed by atoms with E-state index in [-0.39, 0.29) is 13.2 Å². The van der Waals surface area contributed by atoms with Crippen molar-refractivity contribution in [2.24, 2.45) is 0 Å². The van der Waals surface area contributed by atoms with Gasteiger partial charge >= 0.3 is 5.97 Å². The lowest BCUT2D eigenvalue weighted by Gasteiger charge is -2.17. The molecule has 102 valence electrons. The van der Waals surface area contributed by atoms with Crippen molar-refractivity contribution in [3.05, 3.63) is 0 Å². The van der Waals surface area contributed by atoms with Gasteiger partial charge in [-0.2, -0.15) is 17.4 Å². The number of nitrogens with zero attached hydrogens (tertiary/aromatic N) is 1. The lowest BCUT2D eigenvalue weighted by atomic mass is 10.3. The monoisotopic (exact) mass is 268 g/mol. The molecular weight excluding hydrogens is 248 g/mol. The third-order valence-electron chi connectivity index (χ3n) is 1.99. The third kappa shape index (κ3) is 8.08. The molecule has 0 unspecified atom stereocenters. The zero-order valence-corrected chi connectivity index (χ0v) is 11.0. The number of carboxylic acids is 1. The molecule has 0 heterocycles. The van der Waals surface area contributed by atoms with Gasteiger partial charge in [-0.15, -0.1) is 0 Å². The SMILES string of the molecule is CCCCN(C)S(=O)(=O)NCCOCC(=O)O. The summed E-state index contributed by atoms with van der Waals surface area (Å²) in [6, 6.07) is 0. The van der Waals surface area contributed by atoms with E-state index in [1.807, 2.05) is 6.92 Å². The molecule has 0 aliphatic heterocycles. The van der Waals surface area contributed by atoms with E-state index in [0.717, 1.165) is 12.8 Å². The van der Waals surface area contributed by atoms with Gasteiger partial charge < -0.3 is 9.84 Å². The molecule has 0 aromatic rings. The van der Waals surface area contributed by atoms with Crippen LogP contribution in [-0.4, -0.2) is 57.1 Å². The average molecular weight is 268 g/mol. The lowest BCUT2D eigenvalue weighted by molar-refractivity contribution is -0.142. The average Bonchev–Trinajstić information content (AvgIpc) is 2.24. The molecule has 0 atom stereocenters. The summed E-state index contributed by atoms with van der Waals surface area (Å²) < 4.78 is 31.4. The van der Waals surface area contributed by atoms with Crippen LogP contribution < -0.4 is 4.72 Å². The van der Waals surface area contributed by atoms with Crippen LogP contribution >= 0.6 is 0 Å². The maximum absolute atomic E-state index is 11.6. The number of carbonyl (C=O) groups is 1. The Bertz CT molecular complexity index is 317. The fourth-order valence-corrected chi connectivity index (χ4v) is 1.94. The van der Waals surface area contributed by atoms with Crippen LogP contribution in [0.2, 0.25) is 0 Å². The molecule has 0 saturated heterocycles. The van der Waals surface area contributed by atoms with E-state index in [1.165, 1.54) is 11.4 Å². The standard InChI is InChI=1S/C9H20N2O5S/c1-3-4-6-11(2)17(14,15)10-5-7-16-8-9(12)13/h10H,3-8H2,1-2H3,(H,12,13). The van der Waals surface area contributed by atoms with Crippen molar-refractivity contribution in [2.45, 2.75) is 19.8 Å². The Balaban J connectivity index is 3.81. The third-order valence-corrected chi connectivity index (χ3v) is 3.57. The highest BCUT2D eigenvalue weighted by molar-refractivity contribution is 7.87. The summed E-state index contributed by atoms with van der Waals surface area (Å²) in [7, 11) is -1.98. The maximum atomic E-state index is 11.6. The van der Waals surface area contributed by atoms with Crippen LogP contribution in [0.3, 0.4) is 0 Å². The highest BCUT2D eigenvalue weighted by Crippen LogP contribution is 1.97. The molecule has 0 amide bonds. The summed E-state index contributed by atoms with van der Waals surface area (Å²) in [5, 5.41) is 8.29.